The average molecular weight is 168 g/mol. The summed E-state index contributed by atoms with van der Waals surface area (Å²) in [5, 5.41) is 0. The maximum absolute atomic E-state index is 3.64. The van der Waals surface area contributed by atoms with Crippen LogP contribution in [0.15, 0.2) is 47.6 Å². The van der Waals surface area contributed by atoms with Crippen molar-refractivity contribution in [2.75, 3.05) is 0 Å². The molecular formula is C13H12. The van der Waals surface area contributed by atoms with Crippen molar-refractivity contribution in [3.05, 3.63) is 54.0 Å². The van der Waals surface area contributed by atoms with E-state index < -0.39 is 0 Å². The van der Waals surface area contributed by atoms with E-state index in [4.69, 9.17) is 0 Å². The van der Waals surface area contributed by atoms with Gasteiger partial charge in [0.2, 0.25) is 0 Å². The van der Waals surface area contributed by atoms with Gasteiger partial charge in [0.05, 0.1) is 0 Å². The lowest BCUT2D eigenvalue weighted by molar-refractivity contribution is 0.605. The van der Waals surface area contributed by atoms with Crippen molar-refractivity contribution in [1.82, 2.24) is 0 Å². The monoisotopic (exact) mass is 168 g/mol. The first-order chi connectivity index (χ1) is 6.43. The summed E-state index contributed by atoms with van der Waals surface area (Å²) >= 11 is 0. The van der Waals surface area contributed by atoms with Gasteiger partial charge in [-0.2, -0.15) is 0 Å². The Balaban J connectivity index is 1.97. The van der Waals surface area contributed by atoms with Gasteiger partial charge in [-0.15, -0.1) is 0 Å². The second-order valence-electron chi connectivity index (χ2n) is 3.88. The van der Waals surface area contributed by atoms with Gasteiger partial charge in [-0.3, -0.25) is 0 Å². The normalized spacial score (nSPS) is 35.1. The molecule has 0 aromatic heterocycles. The highest BCUT2D eigenvalue weighted by molar-refractivity contribution is 5.45. The molecule has 64 valence electrons. The minimum absolute atomic E-state index is 0.486. The molecule has 0 spiro atoms. The Bertz CT molecular complexity index is 339. The highest BCUT2D eigenvalue weighted by Crippen LogP contribution is 2.40. The van der Waals surface area contributed by atoms with Crippen molar-refractivity contribution >= 4 is 0 Å². The fraction of sp³-hybridized carbons (Fsp3) is 0.308. The first-order valence-electron chi connectivity index (χ1n) is 4.93. The first-order valence-corrected chi connectivity index (χ1v) is 4.93. The summed E-state index contributed by atoms with van der Waals surface area (Å²) in [6.07, 6.45) is 19.4. The molecule has 0 heteroatoms. The molecule has 3 aliphatic rings. The molecule has 0 amide bonds. The van der Waals surface area contributed by atoms with E-state index in [2.05, 4.69) is 42.9 Å². The van der Waals surface area contributed by atoms with Crippen LogP contribution in [-0.2, 0) is 0 Å². The Morgan fingerprint density at radius 2 is 2.31 bits per heavy atom. The van der Waals surface area contributed by atoms with E-state index >= 15 is 0 Å². The largest absolute Gasteiger partial charge is 0.0876 e. The standard InChI is InChI=1S/C13H12/c1-2-5-11-9-13-7-3-6-12(13)8-10(11)4-1/h1-3,6-8,11,13H,4-5H2. The van der Waals surface area contributed by atoms with Gasteiger partial charge in [-0.1, -0.05) is 42.0 Å². The predicted octanol–water partition coefficient (Wildman–Crippen LogP) is 3.09. The third kappa shape index (κ3) is 1.13. The fourth-order valence-electron chi connectivity index (χ4n) is 2.29. The highest BCUT2D eigenvalue weighted by atomic mass is 14.3. The van der Waals surface area contributed by atoms with Crippen LogP contribution in [0.4, 0.5) is 0 Å². The second kappa shape index (κ2) is 2.73. The molecule has 0 aromatic rings. The summed E-state index contributed by atoms with van der Waals surface area (Å²) in [7, 11) is 0. The Morgan fingerprint density at radius 3 is 3.31 bits per heavy atom. The molecule has 0 saturated heterocycles. The smallest absolute Gasteiger partial charge is 0.00956 e. The molecule has 0 aliphatic heterocycles. The van der Waals surface area contributed by atoms with E-state index in [1.165, 1.54) is 5.57 Å². The quantitative estimate of drug-likeness (QED) is 0.487. The van der Waals surface area contributed by atoms with Crippen molar-refractivity contribution in [3.63, 3.8) is 0 Å². The second-order valence-corrected chi connectivity index (χ2v) is 3.88. The SMILES string of the molecule is [C]1C2C=CC=C2C=C2CC=CCC12. The summed E-state index contributed by atoms with van der Waals surface area (Å²) in [6, 6.07) is 0. The van der Waals surface area contributed by atoms with Crippen LogP contribution in [0.25, 0.3) is 0 Å². The van der Waals surface area contributed by atoms with Crippen molar-refractivity contribution in [3.8, 4) is 0 Å². The maximum Gasteiger partial charge on any atom is 0.00956 e. The number of allylic oxidation sites excluding steroid dienone is 8. The zero-order valence-corrected chi connectivity index (χ0v) is 7.53. The van der Waals surface area contributed by atoms with Gasteiger partial charge in [0.1, 0.15) is 0 Å². The molecule has 13 heavy (non-hydrogen) atoms. The number of fused-ring (bicyclic) bond motifs is 2. The number of hydrogen-bond acceptors (Lipinski definition) is 0. The van der Waals surface area contributed by atoms with Crippen LogP contribution in [0.1, 0.15) is 12.8 Å². The molecule has 0 saturated carbocycles. The van der Waals surface area contributed by atoms with Crippen LogP contribution in [0.2, 0.25) is 0 Å². The van der Waals surface area contributed by atoms with Crippen molar-refractivity contribution in [2.24, 2.45) is 11.8 Å². The molecule has 0 fully saturated rings. The summed E-state index contributed by atoms with van der Waals surface area (Å²) in [5.41, 5.74) is 2.98. The molecule has 2 unspecified atom stereocenters. The molecule has 3 rings (SSSR count). The van der Waals surface area contributed by atoms with Crippen molar-refractivity contribution < 1.29 is 0 Å². The van der Waals surface area contributed by atoms with Crippen LogP contribution >= 0.6 is 0 Å². The molecule has 2 atom stereocenters. The van der Waals surface area contributed by atoms with Crippen LogP contribution in [0, 0.1) is 18.3 Å². The van der Waals surface area contributed by atoms with E-state index in [1.54, 1.807) is 5.57 Å². The molecular weight excluding hydrogens is 156 g/mol. The predicted molar refractivity (Wildman–Crippen MR) is 53.9 cm³/mol. The molecule has 0 bridgehead atoms. The Kier molecular flexibility index (Phi) is 1.55. The van der Waals surface area contributed by atoms with E-state index in [1.807, 2.05) is 0 Å². The van der Waals surface area contributed by atoms with Gasteiger partial charge in [0.25, 0.3) is 0 Å². The van der Waals surface area contributed by atoms with E-state index in [-0.39, 0.29) is 0 Å². The topological polar surface area (TPSA) is 0 Å². The molecule has 0 N–H and O–H groups in total. The average Bonchev–Trinajstić information content (AvgIpc) is 2.61. The van der Waals surface area contributed by atoms with Crippen LogP contribution < -0.4 is 0 Å². The minimum Gasteiger partial charge on any atom is -0.0876 e. The van der Waals surface area contributed by atoms with Crippen molar-refractivity contribution in [2.45, 2.75) is 12.8 Å². The van der Waals surface area contributed by atoms with E-state index in [0.29, 0.717) is 11.8 Å². The minimum atomic E-state index is 0.486. The molecule has 2 radical (unpaired) electrons. The van der Waals surface area contributed by atoms with Gasteiger partial charge < -0.3 is 0 Å². The van der Waals surface area contributed by atoms with Crippen molar-refractivity contribution in [1.29, 1.82) is 0 Å². The Morgan fingerprint density at radius 1 is 1.31 bits per heavy atom. The third-order valence-electron chi connectivity index (χ3n) is 3.02. The zero-order valence-electron chi connectivity index (χ0n) is 7.53. The third-order valence-corrected chi connectivity index (χ3v) is 3.02. The summed E-state index contributed by atoms with van der Waals surface area (Å²) < 4.78 is 0. The fourth-order valence-corrected chi connectivity index (χ4v) is 2.29. The van der Waals surface area contributed by atoms with E-state index in [9.17, 15) is 0 Å². The lowest BCUT2D eigenvalue weighted by Crippen LogP contribution is -2.17. The number of hydrogen-bond donors (Lipinski definition) is 0. The first kappa shape index (κ1) is 7.37. The van der Waals surface area contributed by atoms with Crippen LogP contribution in [0.5, 0.6) is 0 Å². The zero-order chi connectivity index (χ0) is 8.67. The van der Waals surface area contributed by atoms with Crippen LogP contribution in [-0.4, -0.2) is 0 Å². The van der Waals surface area contributed by atoms with Crippen LogP contribution in [0.3, 0.4) is 0 Å². The van der Waals surface area contributed by atoms with Gasteiger partial charge in [-0.05, 0) is 24.3 Å². The maximum atomic E-state index is 3.64. The highest BCUT2D eigenvalue weighted by Gasteiger charge is 2.27. The lowest BCUT2D eigenvalue weighted by atomic mass is 9.75. The summed E-state index contributed by atoms with van der Waals surface area (Å²) in [5.74, 6) is 1.08. The lowest BCUT2D eigenvalue weighted by Gasteiger charge is -2.29. The van der Waals surface area contributed by atoms with Gasteiger partial charge in [-0.25, -0.2) is 0 Å². The molecule has 0 heterocycles. The Labute approximate surface area is 79.3 Å². The molecule has 0 nitrogen and oxygen atoms in total. The van der Waals surface area contributed by atoms with E-state index in [0.717, 1.165) is 12.8 Å². The molecule has 0 aromatic carbocycles. The van der Waals surface area contributed by atoms with Gasteiger partial charge >= 0.3 is 0 Å². The molecule has 3 aliphatic carbocycles. The van der Waals surface area contributed by atoms with Gasteiger partial charge in [0, 0.05) is 12.3 Å². The summed E-state index contributed by atoms with van der Waals surface area (Å²) in [4.78, 5) is 0. The summed E-state index contributed by atoms with van der Waals surface area (Å²) in [6.45, 7) is 0. The Hall–Kier alpha value is -1.04. The van der Waals surface area contributed by atoms with Gasteiger partial charge in [0.15, 0.2) is 0 Å². The number of rotatable bonds is 0.